The molecule has 0 N–H and O–H groups in total. The molecule has 2 fully saturated rings. The summed E-state index contributed by atoms with van der Waals surface area (Å²) in [5.74, 6) is 2.16. The quantitative estimate of drug-likeness (QED) is 0.805. The molecular weight excluding hydrogens is 364 g/mol. The van der Waals surface area contributed by atoms with Gasteiger partial charge in [-0.25, -0.2) is 9.97 Å². The van der Waals surface area contributed by atoms with E-state index in [1.165, 1.54) is 0 Å². The van der Waals surface area contributed by atoms with Gasteiger partial charge in [0.2, 0.25) is 0 Å². The summed E-state index contributed by atoms with van der Waals surface area (Å²) in [6.07, 6.45) is 2.27. The molecule has 1 aliphatic carbocycles. The minimum absolute atomic E-state index is 0. The van der Waals surface area contributed by atoms with Crippen LogP contribution in [0.1, 0.15) is 40.8 Å². The smallest absolute Gasteiger partial charge is 0.272 e. The van der Waals surface area contributed by atoms with E-state index >= 15 is 0 Å². The number of hydrogen-bond acceptors (Lipinski definition) is 5. The SMILES string of the molecule is COc1ccccc1N1CCN(C(=O)c2cc(C)nc(C3CC3)n2)CC1.Cl. The lowest BCUT2D eigenvalue weighted by atomic mass is 10.2. The molecule has 2 aliphatic rings. The molecule has 1 saturated heterocycles. The van der Waals surface area contributed by atoms with Gasteiger partial charge in [0.25, 0.3) is 5.91 Å². The van der Waals surface area contributed by atoms with Crippen molar-refractivity contribution in [1.82, 2.24) is 14.9 Å². The molecule has 0 spiro atoms. The molecule has 1 aromatic heterocycles. The van der Waals surface area contributed by atoms with Crippen LogP contribution < -0.4 is 9.64 Å². The maximum Gasteiger partial charge on any atom is 0.272 e. The number of aryl methyl sites for hydroxylation is 1. The number of carbonyl (C=O) groups excluding carboxylic acids is 1. The summed E-state index contributed by atoms with van der Waals surface area (Å²) >= 11 is 0. The first-order valence-electron chi connectivity index (χ1n) is 9.18. The van der Waals surface area contributed by atoms with Crippen LogP contribution in [0.15, 0.2) is 30.3 Å². The van der Waals surface area contributed by atoms with Gasteiger partial charge in [-0.1, -0.05) is 12.1 Å². The standard InChI is InChI=1S/C20H24N4O2.ClH/c1-14-13-16(22-19(21-14)15-7-8-15)20(25)24-11-9-23(10-12-24)17-5-3-4-6-18(17)26-2;/h3-6,13,15H,7-12H2,1-2H3;1H. The van der Waals surface area contributed by atoms with Gasteiger partial charge in [-0.05, 0) is 38.0 Å². The molecule has 0 bridgehead atoms. The van der Waals surface area contributed by atoms with Crippen LogP contribution in [0.25, 0.3) is 0 Å². The Morgan fingerprint density at radius 2 is 1.81 bits per heavy atom. The molecule has 1 aromatic carbocycles. The predicted molar refractivity (Wildman–Crippen MR) is 107 cm³/mol. The Kier molecular flexibility index (Phi) is 5.85. The second-order valence-corrected chi connectivity index (χ2v) is 6.98. The predicted octanol–water partition coefficient (Wildman–Crippen LogP) is 3.06. The van der Waals surface area contributed by atoms with Gasteiger partial charge < -0.3 is 14.5 Å². The van der Waals surface area contributed by atoms with Crippen molar-refractivity contribution in [2.45, 2.75) is 25.7 Å². The third kappa shape index (κ3) is 4.16. The zero-order valence-electron chi connectivity index (χ0n) is 15.7. The van der Waals surface area contributed by atoms with Gasteiger partial charge in [0, 0.05) is 37.8 Å². The number of rotatable bonds is 4. The molecule has 4 rings (SSSR count). The zero-order chi connectivity index (χ0) is 18.1. The number of hydrogen-bond donors (Lipinski definition) is 0. The van der Waals surface area contributed by atoms with E-state index < -0.39 is 0 Å². The third-order valence-electron chi connectivity index (χ3n) is 5.03. The van der Waals surface area contributed by atoms with E-state index in [0.29, 0.717) is 24.7 Å². The summed E-state index contributed by atoms with van der Waals surface area (Å²) in [4.78, 5) is 26.1. The molecule has 2 heterocycles. The van der Waals surface area contributed by atoms with Crippen molar-refractivity contribution in [3.8, 4) is 5.75 Å². The average Bonchev–Trinajstić information content (AvgIpc) is 3.52. The molecule has 27 heavy (non-hydrogen) atoms. The number of anilines is 1. The van der Waals surface area contributed by atoms with Gasteiger partial charge in [-0.15, -0.1) is 12.4 Å². The summed E-state index contributed by atoms with van der Waals surface area (Å²) < 4.78 is 5.46. The maximum atomic E-state index is 12.9. The first kappa shape index (κ1) is 19.4. The van der Waals surface area contributed by atoms with E-state index in [1.807, 2.05) is 30.0 Å². The van der Waals surface area contributed by atoms with E-state index in [4.69, 9.17) is 4.74 Å². The molecule has 2 aromatic rings. The summed E-state index contributed by atoms with van der Waals surface area (Å²) in [5, 5.41) is 0. The molecule has 144 valence electrons. The van der Waals surface area contributed by atoms with Crippen LogP contribution in [0, 0.1) is 6.92 Å². The van der Waals surface area contributed by atoms with Gasteiger partial charge in [-0.2, -0.15) is 0 Å². The minimum atomic E-state index is 0. The lowest BCUT2D eigenvalue weighted by Crippen LogP contribution is -2.49. The van der Waals surface area contributed by atoms with Crippen molar-refractivity contribution in [3.05, 3.63) is 47.5 Å². The number of para-hydroxylation sites is 2. The first-order valence-corrected chi connectivity index (χ1v) is 9.18. The average molecular weight is 389 g/mol. The normalized spacial score (nSPS) is 16.7. The molecule has 1 aliphatic heterocycles. The van der Waals surface area contributed by atoms with Crippen LogP contribution in [-0.4, -0.2) is 54.1 Å². The first-order chi connectivity index (χ1) is 12.7. The van der Waals surface area contributed by atoms with Crippen molar-refractivity contribution in [1.29, 1.82) is 0 Å². The lowest BCUT2D eigenvalue weighted by Gasteiger charge is -2.36. The number of aromatic nitrogens is 2. The molecule has 1 saturated carbocycles. The molecule has 0 atom stereocenters. The molecule has 0 unspecified atom stereocenters. The Morgan fingerprint density at radius 3 is 2.48 bits per heavy atom. The van der Waals surface area contributed by atoms with Gasteiger partial charge >= 0.3 is 0 Å². The van der Waals surface area contributed by atoms with E-state index in [-0.39, 0.29) is 18.3 Å². The number of carbonyl (C=O) groups is 1. The van der Waals surface area contributed by atoms with Crippen LogP contribution >= 0.6 is 12.4 Å². The van der Waals surface area contributed by atoms with Crippen molar-refractivity contribution in [3.63, 3.8) is 0 Å². The van der Waals surface area contributed by atoms with Gasteiger partial charge in [0.1, 0.15) is 17.3 Å². The summed E-state index contributed by atoms with van der Waals surface area (Å²) in [5.41, 5.74) is 2.49. The Morgan fingerprint density at radius 1 is 1.11 bits per heavy atom. The highest BCUT2D eigenvalue weighted by Crippen LogP contribution is 2.38. The fourth-order valence-electron chi connectivity index (χ4n) is 3.43. The Labute approximate surface area is 166 Å². The fraction of sp³-hybridized carbons (Fsp3) is 0.450. The second kappa shape index (κ2) is 8.13. The number of benzene rings is 1. The van der Waals surface area contributed by atoms with Crippen LogP contribution in [-0.2, 0) is 0 Å². The summed E-state index contributed by atoms with van der Waals surface area (Å²) in [7, 11) is 1.69. The number of ether oxygens (including phenoxy) is 1. The van der Waals surface area contributed by atoms with Crippen LogP contribution in [0.5, 0.6) is 5.75 Å². The van der Waals surface area contributed by atoms with Crippen molar-refractivity contribution < 1.29 is 9.53 Å². The molecule has 7 heteroatoms. The van der Waals surface area contributed by atoms with Crippen molar-refractivity contribution in [2.24, 2.45) is 0 Å². The van der Waals surface area contributed by atoms with E-state index in [2.05, 4.69) is 20.9 Å². The van der Waals surface area contributed by atoms with Crippen LogP contribution in [0.4, 0.5) is 5.69 Å². The topological polar surface area (TPSA) is 58.6 Å². The maximum absolute atomic E-state index is 12.9. The monoisotopic (exact) mass is 388 g/mol. The van der Waals surface area contributed by atoms with Crippen molar-refractivity contribution in [2.75, 3.05) is 38.2 Å². The largest absolute Gasteiger partial charge is 0.495 e. The molecule has 0 radical (unpaired) electrons. The lowest BCUT2D eigenvalue weighted by molar-refractivity contribution is 0.0740. The number of piperazine rings is 1. The van der Waals surface area contributed by atoms with Crippen molar-refractivity contribution >= 4 is 24.0 Å². The zero-order valence-corrected chi connectivity index (χ0v) is 16.5. The molecule has 6 nitrogen and oxygen atoms in total. The highest BCUT2D eigenvalue weighted by Gasteiger charge is 2.29. The van der Waals surface area contributed by atoms with E-state index in [9.17, 15) is 4.79 Å². The summed E-state index contributed by atoms with van der Waals surface area (Å²) in [6, 6.07) is 9.82. The fourth-order valence-corrected chi connectivity index (χ4v) is 3.43. The number of methoxy groups -OCH3 is 1. The van der Waals surface area contributed by atoms with Crippen LogP contribution in [0.3, 0.4) is 0 Å². The van der Waals surface area contributed by atoms with Gasteiger partial charge in [0.05, 0.1) is 12.8 Å². The van der Waals surface area contributed by atoms with E-state index in [0.717, 1.165) is 48.9 Å². The highest BCUT2D eigenvalue weighted by atomic mass is 35.5. The number of halogens is 1. The Bertz CT molecular complexity index is 817. The highest BCUT2D eigenvalue weighted by molar-refractivity contribution is 5.92. The summed E-state index contributed by atoms with van der Waals surface area (Å²) in [6.45, 7) is 4.86. The minimum Gasteiger partial charge on any atom is -0.495 e. The Balaban J connectivity index is 0.00000210. The Hall–Kier alpha value is -2.34. The molecule has 1 amide bonds. The number of nitrogens with zero attached hydrogens (tertiary/aromatic N) is 4. The van der Waals surface area contributed by atoms with Gasteiger partial charge in [0.15, 0.2) is 0 Å². The van der Waals surface area contributed by atoms with Crippen LogP contribution in [0.2, 0.25) is 0 Å². The number of amides is 1. The third-order valence-corrected chi connectivity index (χ3v) is 5.03. The van der Waals surface area contributed by atoms with E-state index in [1.54, 1.807) is 13.2 Å². The molecular formula is C20H25ClN4O2. The second-order valence-electron chi connectivity index (χ2n) is 6.98. The van der Waals surface area contributed by atoms with Gasteiger partial charge in [-0.3, -0.25) is 4.79 Å².